The predicted molar refractivity (Wildman–Crippen MR) is 79.3 cm³/mol. The summed E-state index contributed by atoms with van der Waals surface area (Å²) < 4.78 is 5.81. The number of nitrogens with zero attached hydrogens (tertiary/aromatic N) is 2. The van der Waals surface area contributed by atoms with Crippen molar-refractivity contribution in [3.8, 4) is 11.6 Å². The molecule has 0 aliphatic carbocycles. The van der Waals surface area contributed by atoms with E-state index in [4.69, 9.17) is 10.2 Å². The highest BCUT2D eigenvalue weighted by Gasteiger charge is 2.11. The average molecular weight is 267 g/mol. The van der Waals surface area contributed by atoms with Crippen LogP contribution in [-0.2, 0) is 6.42 Å². The van der Waals surface area contributed by atoms with E-state index in [0.717, 1.165) is 28.8 Å². The number of hydrogen-bond acceptors (Lipinski definition) is 4. The topological polar surface area (TPSA) is 64.9 Å². The maximum absolute atomic E-state index is 5.84. The molecule has 2 aromatic heterocycles. The molecule has 0 saturated carbocycles. The Hall–Kier alpha value is -2.20. The zero-order chi connectivity index (χ0) is 14.1. The molecule has 4 heteroatoms. The molecule has 0 amide bonds. The number of hydrogen-bond donors (Lipinski definition) is 1. The molecule has 4 nitrogen and oxygen atoms in total. The molecule has 0 radical (unpaired) electrons. The second-order valence-electron chi connectivity index (χ2n) is 5.15. The van der Waals surface area contributed by atoms with Gasteiger partial charge in [0.15, 0.2) is 11.6 Å². The largest absolute Gasteiger partial charge is 0.453 e. The van der Waals surface area contributed by atoms with Gasteiger partial charge in [0.2, 0.25) is 0 Å². The Morgan fingerprint density at radius 2 is 2.00 bits per heavy atom. The van der Waals surface area contributed by atoms with Gasteiger partial charge in [-0.3, -0.25) is 0 Å². The summed E-state index contributed by atoms with van der Waals surface area (Å²) in [6, 6.07) is 11.9. The lowest BCUT2D eigenvalue weighted by Gasteiger charge is -2.06. The smallest absolute Gasteiger partial charge is 0.196 e. The minimum Gasteiger partial charge on any atom is -0.453 e. The number of rotatable bonds is 3. The van der Waals surface area contributed by atoms with Gasteiger partial charge in [-0.05, 0) is 32.0 Å². The van der Waals surface area contributed by atoms with Crippen LogP contribution in [-0.4, -0.2) is 16.0 Å². The fourth-order valence-corrected chi connectivity index (χ4v) is 2.27. The molecule has 2 heterocycles. The minimum atomic E-state index is 0.0767. The molecule has 0 aliphatic heterocycles. The number of aryl methyl sites for hydroxylation is 1. The summed E-state index contributed by atoms with van der Waals surface area (Å²) in [7, 11) is 0. The lowest BCUT2D eigenvalue weighted by atomic mass is 10.1. The minimum absolute atomic E-state index is 0.0767. The Balaban J connectivity index is 2.06. The van der Waals surface area contributed by atoms with Crippen molar-refractivity contribution in [1.82, 2.24) is 9.97 Å². The van der Waals surface area contributed by atoms with Crippen LogP contribution in [0.5, 0.6) is 0 Å². The van der Waals surface area contributed by atoms with E-state index in [1.54, 1.807) is 0 Å². The highest BCUT2D eigenvalue weighted by Crippen LogP contribution is 2.25. The zero-order valence-corrected chi connectivity index (χ0v) is 11.6. The molecule has 1 aromatic carbocycles. The molecule has 20 heavy (non-hydrogen) atoms. The van der Waals surface area contributed by atoms with Crippen molar-refractivity contribution in [2.45, 2.75) is 26.3 Å². The molecule has 1 atom stereocenters. The molecule has 3 rings (SSSR count). The summed E-state index contributed by atoms with van der Waals surface area (Å²) >= 11 is 0. The van der Waals surface area contributed by atoms with Gasteiger partial charge in [0.05, 0.1) is 0 Å². The third kappa shape index (κ3) is 2.56. The van der Waals surface area contributed by atoms with Crippen molar-refractivity contribution in [2.75, 3.05) is 0 Å². The number of fused-ring (bicyclic) bond motifs is 1. The predicted octanol–water partition coefficient (Wildman–Crippen LogP) is 3.09. The van der Waals surface area contributed by atoms with Crippen molar-refractivity contribution in [3.05, 3.63) is 47.8 Å². The highest BCUT2D eigenvalue weighted by atomic mass is 16.3. The summed E-state index contributed by atoms with van der Waals surface area (Å²) in [5.41, 5.74) is 8.56. The first-order chi connectivity index (χ1) is 9.61. The van der Waals surface area contributed by atoms with E-state index >= 15 is 0 Å². The van der Waals surface area contributed by atoms with Crippen molar-refractivity contribution < 1.29 is 4.42 Å². The zero-order valence-electron chi connectivity index (χ0n) is 11.6. The lowest BCUT2D eigenvalue weighted by Crippen LogP contribution is -2.18. The monoisotopic (exact) mass is 267 g/mol. The van der Waals surface area contributed by atoms with E-state index in [0.29, 0.717) is 11.6 Å². The standard InChI is InChI=1S/C16H17N3O/c1-10(17)7-13-8-11(2)18-16(19-13)15-9-12-5-3-4-6-14(12)20-15/h3-6,8-10H,7,17H2,1-2H3. The van der Waals surface area contributed by atoms with E-state index in [1.807, 2.05) is 50.2 Å². The molecule has 2 N–H and O–H groups in total. The first-order valence-electron chi connectivity index (χ1n) is 6.71. The second kappa shape index (κ2) is 5.06. The molecule has 0 aliphatic rings. The van der Waals surface area contributed by atoms with E-state index in [9.17, 15) is 0 Å². The third-order valence-electron chi connectivity index (χ3n) is 3.08. The van der Waals surface area contributed by atoms with E-state index in [1.165, 1.54) is 0 Å². The molecular weight excluding hydrogens is 250 g/mol. The highest BCUT2D eigenvalue weighted by molar-refractivity contribution is 5.81. The Bertz CT molecular complexity index is 713. The van der Waals surface area contributed by atoms with Crippen LogP contribution in [0, 0.1) is 6.92 Å². The van der Waals surface area contributed by atoms with E-state index < -0.39 is 0 Å². The van der Waals surface area contributed by atoms with Gasteiger partial charge in [0.25, 0.3) is 0 Å². The van der Waals surface area contributed by atoms with Crippen LogP contribution in [0.1, 0.15) is 18.3 Å². The normalized spacial score (nSPS) is 12.8. The van der Waals surface area contributed by atoms with E-state index in [2.05, 4.69) is 9.97 Å². The molecule has 1 unspecified atom stereocenters. The fraction of sp³-hybridized carbons (Fsp3) is 0.250. The van der Waals surface area contributed by atoms with Crippen molar-refractivity contribution in [2.24, 2.45) is 5.73 Å². The van der Waals surface area contributed by atoms with Gasteiger partial charge >= 0.3 is 0 Å². The van der Waals surface area contributed by atoms with Gasteiger partial charge in [0.1, 0.15) is 5.58 Å². The Labute approximate surface area is 117 Å². The van der Waals surface area contributed by atoms with E-state index in [-0.39, 0.29) is 6.04 Å². The number of furan rings is 1. The number of aromatic nitrogens is 2. The molecule has 3 aromatic rings. The summed E-state index contributed by atoms with van der Waals surface area (Å²) in [4.78, 5) is 9.02. The average Bonchev–Trinajstić information content (AvgIpc) is 2.80. The number of para-hydroxylation sites is 1. The quantitative estimate of drug-likeness (QED) is 0.792. The van der Waals surface area contributed by atoms with Crippen LogP contribution < -0.4 is 5.73 Å². The third-order valence-corrected chi connectivity index (χ3v) is 3.08. The molecule has 0 bridgehead atoms. The first-order valence-corrected chi connectivity index (χ1v) is 6.71. The van der Waals surface area contributed by atoms with Crippen molar-refractivity contribution in [1.29, 1.82) is 0 Å². The summed E-state index contributed by atoms with van der Waals surface area (Å²) in [6.45, 7) is 3.93. The van der Waals surface area contributed by atoms with Crippen LogP contribution in [0.25, 0.3) is 22.6 Å². The number of benzene rings is 1. The van der Waals surface area contributed by atoms with Gasteiger partial charge in [-0.2, -0.15) is 0 Å². The lowest BCUT2D eigenvalue weighted by molar-refractivity contribution is 0.622. The van der Waals surface area contributed by atoms with Crippen molar-refractivity contribution in [3.63, 3.8) is 0 Å². The summed E-state index contributed by atoms with van der Waals surface area (Å²) in [6.07, 6.45) is 0.733. The van der Waals surface area contributed by atoms with Gasteiger partial charge in [0, 0.05) is 29.2 Å². The summed E-state index contributed by atoms with van der Waals surface area (Å²) in [5, 5.41) is 1.06. The SMILES string of the molecule is Cc1cc(CC(C)N)nc(-c2cc3ccccc3o2)n1. The Morgan fingerprint density at radius 1 is 1.20 bits per heavy atom. The Kier molecular flexibility index (Phi) is 3.24. The van der Waals surface area contributed by atoms with Crippen LogP contribution in [0.4, 0.5) is 0 Å². The second-order valence-corrected chi connectivity index (χ2v) is 5.15. The van der Waals surface area contributed by atoms with Gasteiger partial charge in [-0.25, -0.2) is 9.97 Å². The number of nitrogens with two attached hydrogens (primary N) is 1. The van der Waals surface area contributed by atoms with Crippen LogP contribution in [0.2, 0.25) is 0 Å². The van der Waals surface area contributed by atoms with Crippen LogP contribution in [0.15, 0.2) is 40.8 Å². The maximum atomic E-state index is 5.84. The first kappa shape index (κ1) is 12.8. The van der Waals surface area contributed by atoms with Gasteiger partial charge in [-0.15, -0.1) is 0 Å². The molecule has 0 saturated heterocycles. The molecular formula is C16H17N3O. The molecule has 0 fully saturated rings. The maximum Gasteiger partial charge on any atom is 0.196 e. The van der Waals surface area contributed by atoms with Crippen LogP contribution in [0.3, 0.4) is 0 Å². The summed E-state index contributed by atoms with van der Waals surface area (Å²) in [5.74, 6) is 1.32. The van der Waals surface area contributed by atoms with Gasteiger partial charge < -0.3 is 10.2 Å². The Morgan fingerprint density at radius 3 is 2.75 bits per heavy atom. The van der Waals surface area contributed by atoms with Gasteiger partial charge in [-0.1, -0.05) is 18.2 Å². The molecule has 0 spiro atoms. The van der Waals surface area contributed by atoms with Crippen molar-refractivity contribution >= 4 is 11.0 Å². The van der Waals surface area contributed by atoms with Crippen LogP contribution >= 0.6 is 0 Å². The fourth-order valence-electron chi connectivity index (χ4n) is 2.27. The molecule has 102 valence electrons.